The van der Waals surface area contributed by atoms with Crippen LogP contribution in [0.15, 0.2) is 18.2 Å². The first-order chi connectivity index (χ1) is 9.24. The van der Waals surface area contributed by atoms with E-state index < -0.39 is 0 Å². The summed E-state index contributed by atoms with van der Waals surface area (Å²) in [4.78, 5) is 0. The molecule has 0 saturated heterocycles. The first-order valence-electron chi connectivity index (χ1n) is 7.82. The molecule has 2 aliphatic rings. The van der Waals surface area contributed by atoms with E-state index in [1.165, 1.54) is 49.7 Å². The van der Waals surface area contributed by atoms with Gasteiger partial charge >= 0.3 is 0 Å². The monoisotopic (exact) mass is 259 g/mol. The number of nitrogens with one attached hydrogen (secondary N) is 1. The van der Waals surface area contributed by atoms with Crippen LogP contribution in [-0.4, -0.2) is 11.1 Å². The number of benzene rings is 1. The van der Waals surface area contributed by atoms with E-state index in [2.05, 4.69) is 18.3 Å². The maximum atomic E-state index is 9.55. The molecule has 1 aromatic rings. The van der Waals surface area contributed by atoms with Gasteiger partial charge in [-0.1, -0.05) is 25.3 Å². The van der Waals surface area contributed by atoms with Gasteiger partial charge in [-0.3, -0.25) is 0 Å². The molecule has 1 saturated carbocycles. The summed E-state index contributed by atoms with van der Waals surface area (Å²) >= 11 is 0. The van der Waals surface area contributed by atoms with Gasteiger partial charge < -0.3 is 10.4 Å². The number of aryl methyl sites for hydroxylation is 1. The Balaban J connectivity index is 1.65. The lowest BCUT2D eigenvalue weighted by Gasteiger charge is -2.31. The lowest BCUT2D eigenvalue weighted by atomic mass is 9.84. The molecule has 1 aromatic carbocycles. The van der Waals surface area contributed by atoms with Crippen molar-refractivity contribution in [2.75, 3.05) is 0 Å². The van der Waals surface area contributed by atoms with Crippen molar-refractivity contribution in [3.05, 3.63) is 29.3 Å². The van der Waals surface area contributed by atoms with Crippen LogP contribution in [-0.2, 0) is 6.42 Å². The summed E-state index contributed by atoms with van der Waals surface area (Å²) < 4.78 is 0. The normalized spacial score (nSPS) is 25.2. The Bertz CT molecular complexity index is 437. The Labute approximate surface area is 116 Å². The second kappa shape index (κ2) is 5.54. The molecule has 0 radical (unpaired) electrons. The highest BCUT2D eigenvalue weighted by Crippen LogP contribution is 2.35. The minimum absolute atomic E-state index is 0.403. The predicted octanol–water partition coefficient (Wildman–Crippen LogP) is 3.94. The highest BCUT2D eigenvalue weighted by atomic mass is 16.3. The summed E-state index contributed by atoms with van der Waals surface area (Å²) in [6, 6.07) is 6.97. The summed E-state index contributed by atoms with van der Waals surface area (Å²) in [6.07, 6.45) is 9.30. The van der Waals surface area contributed by atoms with Gasteiger partial charge in [-0.05, 0) is 61.8 Å². The molecule has 0 bridgehead atoms. The van der Waals surface area contributed by atoms with Crippen LogP contribution in [0.5, 0.6) is 5.75 Å². The molecule has 19 heavy (non-hydrogen) atoms. The summed E-state index contributed by atoms with van der Waals surface area (Å²) in [6.45, 7) is 2.36. The summed E-state index contributed by atoms with van der Waals surface area (Å²) in [5.74, 6) is 1.26. The Morgan fingerprint density at radius 2 is 1.95 bits per heavy atom. The number of aromatic hydroxyl groups is 1. The largest absolute Gasteiger partial charge is 0.508 e. The van der Waals surface area contributed by atoms with Gasteiger partial charge in [-0.15, -0.1) is 0 Å². The van der Waals surface area contributed by atoms with Crippen LogP contribution in [0.3, 0.4) is 0 Å². The lowest BCUT2D eigenvalue weighted by molar-refractivity contribution is 0.264. The molecule has 0 spiro atoms. The second-order valence-corrected chi connectivity index (χ2v) is 6.33. The maximum absolute atomic E-state index is 9.55. The molecule has 2 atom stereocenters. The Hall–Kier alpha value is -1.02. The van der Waals surface area contributed by atoms with Crippen LogP contribution in [0.25, 0.3) is 0 Å². The van der Waals surface area contributed by atoms with Gasteiger partial charge in [0.05, 0.1) is 0 Å². The molecule has 0 amide bonds. The SMILES string of the molecule is CC(NC1CCc2cc(O)ccc21)C1CCCCC1. The first kappa shape index (κ1) is 13.0. The van der Waals surface area contributed by atoms with Crippen LogP contribution in [0.1, 0.15) is 62.6 Å². The van der Waals surface area contributed by atoms with Gasteiger partial charge in [0.1, 0.15) is 5.75 Å². The van der Waals surface area contributed by atoms with Crippen LogP contribution < -0.4 is 5.32 Å². The van der Waals surface area contributed by atoms with Crippen molar-refractivity contribution in [1.82, 2.24) is 5.32 Å². The average Bonchev–Trinajstić information content (AvgIpc) is 2.82. The lowest BCUT2D eigenvalue weighted by Crippen LogP contribution is -2.36. The number of phenolic OH excluding ortho intramolecular Hbond substituents is 1. The van der Waals surface area contributed by atoms with E-state index in [0.29, 0.717) is 17.8 Å². The van der Waals surface area contributed by atoms with Gasteiger partial charge in [-0.2, -0.15) is 0 Å². The zero-order valence-corrected chi connectivity index (χ0v) is 11.9. The van der Waals surface area contributed by atoms with E-state index in [1.54, 1.807) is 0 Å². The molecular weight excluding hydrogens is 234 g/mol. The fourth-order valence-electron chi connectivity index (χ4n) is 3.86. The number of fused-ring (bicyclic) bond motifs is 1. The minimum atomic E-state index is 0.403. The maximum Gasteiger partial charge on any atom is 0.115 e. The fourth-order valence-corrected chi connectivity index (χ4v) is 3.86. The van der Waals surface area contributed by atoms with Crippen LogP contribution >= 0.6 is 0 Å². The molecule has 1 fully saturated rings. The van der Waals surface area contributed by atoms with Gasteiger partial charge in [-0.25, -0.2) is 0 Å². The molecule has 0 heterocycles. The van der Waals surface area contributed by atoms with Crippen LogP contribution in [0, 0.1) is 5.92 Å². The second-order valence-electron chi connectivity index (χ2n) is 6.33. The smallest absolute Gasteiger partial charge is 0.115 e. The fraction of sp³-hybridized carbons (Fsp3) is 0.647. The van der Waals surface area contributed by atoms with Gasteiger partial charge in [0.15, 0.2) is 0 Å². The number of phenols is 1. The van der Waals surface area contributed by atoms with Gasteiger partial charge in [0.25, 0.3) is 0 Å². The molecule has 2 heteroatoms. The molecule has 3 rings (SSSR count). The van der Waals surface area contributed by atoms with Crippen molar-refractivity contribution in [1.29, 1.82) is 0 Å². The van der Waals surface area contributed by atoms with Crippen molar-refractivity contribution < 1.29 is 5.11 Å². The highest BCUT2D eigenvalue weighted by molar-refractivity contribution is 5.40. The van der Waals surface area contributed by atoms with E-state index in [1.807, 2.05) is 12.1 Å². The number of hydrogen-bond donors (Lipinski definition) is 2. The number of rotatable bonds is 3. The Morgan fingerprint density at radius 3 is 2.74 bits per heavy atom. The van der Waals surface area contributed by atoms with E-state index in [9.17, 15) is 5.11 Å². The van der Waals surface area contributed by atoms with Crippen LogP contribution in [0.2, 0.25) is 0 Å². The van der Waals surface area contributed by atoms with E-state index in [-0.39, 0.29) is 0 Å². The molecule has 2 unspecified atom stereocenters. The molecule has 2 nitrogen and oxygen atoms in total. The van der Waals surface area contributed by atoms with Crippen molar-refractivity contribution >= 4 is 0 Å². The topological polar surface area (TPSA) is 32.3 Å². The van der Waals surface area contributed by atoms with E-state index >= 15 is 0 Å². The Kier molecular flexibility index (Phi) is 3.79. The van der Waals surface area contributed by atoms with Crippen molar-refractivity contribution in [2.45, 2.75) is 64.0 Å². The zero-order chi connectivity index (χ0) is 13.2. The molecular formula is C17H25NO. The first-order valence-corrected chi connectivity index (χ1v) is 7.82. The highest BCUT2D eigenvalue weighted by Gasteiger charge is 2.27. The molecule has 104 valence electrons. The quantitative estimate of drug-likeness (QED) is 0.861. The van der Waals surface area contributed by atoms with Crippen LogP contribution in [0.4, 0.5) is 0 Å². The summed E-state index contributed by atoms with van der Waals surface area (Å²) in [5.41, 5.74) is 2.73. The van der Waals surface area contributed by atoms with Crippen molar-refractivity contribution in [2.24, 2.45) is 5.92 Å². The van der Waals surface area contributed by atoms with E-state index in [0.717, 1.165) is 12.3 Å². The third-order valence-corrected chi connectivity index (χ3v) is 5.03. The Morgan fingerprint density at radius 1 is 1.16 bits per heavy atom. The molecule has 0 aromatic heterocycles. The van der Waals surface area contributed by atoms with E-state index in [4.69, 9.17) is 0 Å². The molecule has 0 aliphatic heterocycles. The predicted molar refractivity (Wildman–Crippen MR) is 78.3 cm³/mol. The standard InChI is InChI=1S/C17H25NO/c1-12(13-5-3-2-4-6-13)18-17-10-7-14-11-15(19)8-9-16(14)17/h8-9,11-13,17-19H,2-7,10H2,1H3. The third kappa shape index (κ3) is 2.79. The third-order valence-electron chi connectivity index (χ3n) is 5.03. The van der Waals surface area contributed by atoms with Crippen molar-refractivity contribution in [3.8, 4) is 5.75 Å². The average molecular weight is 259 g/mol. The van der Waals surface area contributed by atoms with Gasteiger partial charge in [0.2, 0.25) is 0 Å². The molecule has 2 N–H and O–H groups in total. The minimum Gasteiger partial charge on any atom is -0.508 e. The summed E-state index contributed by atoms with van der Waals surface area (Å²) in [5, 5.41) is 13.4. The van der Waals surface area contributed by atoms with Gasteiger partial charge in [0, 0.05) is 12.1 Å². The molecule has 2 aliphatic carbocycles. The zero-order valence-electron chi connectivity index (χ0n) is 11.9. The number of hydrogen-bond acceptors (Lipinski definition) is 2. The summed E-state index contributed by atoms with van der Waals surface area (Å²) in [7, 11) is 0. The van der Waals surface area contributed by atoms with Crippen molar-refractivity contribution in [3.63, 3.8) is 0 Å².